The molecule has 0 bridgehead atoms. The van der Waals surface area contributed by atoms with E-state index in [4.69, 9.17) is 9.84 Å². The Morgan fingerprint density at radius 1 is 1.21 bits per heavy atom. The molecule has 3 aromatic rings. The number of carboxylic acids is 1. The van der Waals surface area contributed by atoms with E-state index in [0.29, 0.717) is 5.75 Å². The minimum Gasteiger partial charge on any atom is -0.479 e. The van der Waals surface area contributed by atoms with E-state index in [-0.39, 0.29) is 0 Å². The molecule has 24 heavy (non-hydrogen) atoms. The van der Waals surface area contributed by atoms with Gasteiger partial charge in [-0.2, -0.15) is 0 Å². The monoisotopic (exact) mass is 320 g/mol. The molecular weight excluding hydrogens is 304 g/mol. The van der Waals surface area contributed by atoms with Gasteiger partial charge in [-0.05, 0) is 61.0 Å². The van der Waals surface area contributed by atoms with Gasteiger partial charge >= 0.3 is 5.97 Å². The van der Waals surface area contributed by atoms with Crippen LogP contribution in [0.2, 0.25) is 0 Å². The van der Waals surface area contributed by atoms with Gasteiger partial charge in [0, 0.05) is 17.8 Å². The second kappa shape index (κ2) is 6.91. The van der Waals surface area contributed by atoms with Gasteiger partial charge in [0.1, 0.15) is 5.75 Å². The lowest BCUT2D eigenvalue weighted by Gasteiger charge is -2.09. The smallest absolute Gasteiger partial charge is 0.344 e. The van der Waals surface area contributed by atoms with E-state index in [1.165, 1.54) is 6.92 Å². The summed E-state index contributed by atoms with van der Waals surface area (Å²) in [6, 6.07) is 16.8. The zero-order valence-electron chi connectivity index (χ0n) is 13.1. The summed E-state index contributed by atoms with van der Waals surface area (Å²) < 4.78 is 5.29. The van der Waals surface area contributed by atoms with Crippen molar-refractivity contribution in [2.45, 2.75) is 13.0 Å². The van der Waals surface area contributed by atoms with Crippen LogP contribution >= 0.6 is 0 Å². The van der Waals surface area contributed by atoms with E-state index in [1.54, 1.807) is 24.5 Å². The van der Waals surface area contributed by atoms with Crippen LogP contribution < -0.4 is 4.74 Å². The van der Waals surface area contributed by atoms with Gasteiger partial charge < -0.3 is 9.84 Å². The standard InChI is InChI=1S/C19H16N2O3/c1-13(19(22)23)24-17-7-4-14(5-8-17)12-21-16-6-9-18-15(11-16)3-2-10-20-18/h2-13H,1H3,(H,22,23)/t13-/m1/s1. The zero-order chi connectivity index (χ0) is 16.9. The second-order valence-corrected chi connectivity index (χ2v) is 5.31. The van der Waals surface area contributed by atoms with Crippen molar-refractivity contribution in [3.05, 3.63) is 66.4 Å². The molecule has 0 fully saturated rings. The summed E-state index contributed by atoms with van der Waals surface area (Å²) in [7, 11) is 0. The average molecular weight is 320 g/mol. The molecule has 5 nitrogen and oxygen atoms in total. The summed E-state index contributed by atoms with van der Waals surface area (Å²) in [4.78, 5) is 19.5. The first kappa shape index (κ1) is 15.7. The molecule has 0 spiro atoms. The van der Waals surface area contributed by atoms with Crippen LogP contribution in [0.15, 0.2) is 65.8 Å². The highest BCUT2D eigenvalue weighted by Crippen LogP contribution is 2.20. The first-order valence-corrected chi connectivity index (χ1v) is 7.50. The quantitative estimate of drug-likeness (QED) is 0.725. The molecule has 3 rings (SSSR count). The van der Waals surface area contributed by atoms with Crippen molar-refractivity contribution >= 4 is 28.8 Å². The third-order valence-electron chi connectivity index (χ3n) is 3.49. The highest BCUT2D eigenvalue weighted by atomic mass is 16.5. The fraction of sp³-hybridized carbons (Fsp3) is 0.105. The lowest BCUT2D eigenvalue weighted by atomic mass is 10.2. The Morgan fingerprint density at radius 2 is 2.00 bits per heavy atom. The maximum absolute atomic E-state index is 10.8. The summed E-state index contributed by atoms with van der Waals surface area (Å²) in [6.45, 7) is 1.49. The molecule has 0 aliphatic heterocycles. The number of carboxylic acid groups (broad SMARTS) is 1. The highest BCUT2D eigenvalue weighted by molar-refractivity contribution is 5.85. The van der Waals surface area contributed by atoms with Gasteiger partial charge in [-0.1, -0.05) is 6.07 Å². The molecular formula is C19H16N2O3. The lowest BCUT2D eigenvalue weighted by Crippen LogP contribution is -2.22. The molecule has 1 atom stereocenters. The summed E-state index contributed by atoms with van der Waals surface area (Å²) >= 11 is 0. The Morgan fingerprint density at radius 3 is 2.75 bits per heavy atom. The molecule has 5 heteroatoms. The first-order chi connectivity index (χ1) is 11.6. The number of aliphatic imine (C=N–C) groups is 1. The normalized spacial score (nSPS) is 12.4. The van der Waals surface area contributed by atoms with Crippen molar-refractivity contribution in [1.82, 2.24) is 4.98 Å². The van der Waals surface area contributed by atoms with Gasteiger partial charge in [0.25, 0.3) is 0 Å². The molecule has 0 saturated heterocycles. The molecule has 1 N–H and O–H groups in total. The molecule has 0 unspecified atom stereocenters. The van der Waals surface area contributed by atoms with Crippen molar-refractivity contribution in [3.63, 3.8) is 0 Å². The maximum Gasteiger partial charge on any atom is 0.344 e. The van der Waals surface area contributed by atoms with Crippen molar-refractivity contribution in [1.29, 1.82) is 0 Å². The minimum absolute atomic E-state index is 0.513. The number of pyridine rings is 1. The number of hydrogen-bond acceptors (Lipinski definition) is 4. The lowest BCUT2D eigenvalue weighted by molar-refractivity contribution is -0.144. The Bertz CT molecular complexity index is 889. The topological polar surface area (TPSA) is 71.8 Å². The number of ether oxygens (including phenoxy) is 1. The van der Waals surface area contributed by atoms with Crippen LogP contribution in [0.5, 0.6) is 5.75 Å². The van der Waals surface area contributed by atoms with Gasteiger partial charge in [0.05, 0.1) is 11.2 Å². The molecule has 0 saturated carbocycles. The summed E-state index contributed by atoms with van der Waals surface area (Å²) in [5.74, 6) is -0.481. The molecule has 0 amide bonds. The third-order valence-corrected chi connectivity index (χ3v) is 3.49. The molecule has 0 aliphatic rings. The number of carbonyl (C=O) groups is 1. The summed E-state index contributed by atoms with van der Waals surface area (Å²) in [5.41, 5.74) is 2.68. The van der Waals surface area contributed by atoms with Crippen molar-refractivity contribution in [3.8, 4) is 5.75 Å². The highest BCUT2D eigenvalue weighted by Gasteiger charge is 2.11. The largest absolute Gasteiger partial charge is 0.479 e. The first-order valence-electron chi connectivity index (χ1n) is 7.50. The molecule has 0 aliphatic carbocycles. The van der Waals surface area contributed by atoms with Crippen LogP contribution in [-0.2, 0) is 4.79 Å². The number of aliphatic carboxylic acids is 1. The van der Waals surface area contributed by atoms with Gasteiger partial charge in [0.2, 0.25) is 0 Å². The number of aromatic nitrogens is 1. The predicted octanol–water partition coefficient (Wildman–Crippen LogP) is 3.84. The van der Waals surface area contributed by atoms with Crippen LogP contribution in [0.1, 0.15) is 12.5 Å². The molecule has 2 aromatic carbocycles. The number of hydrogen-bond donors (Lipinski definition) is 1. The summed E-state index contributed by atoms with van der Waals surface area (Å²) in [5, 5.41) is 9.87. The zero-order valence-corrected chi connectivity index (χ0v) is 13.1. The Kier molecular flexibility index (Phi) is 4.52. The molecule has 1 heterocycles. The second-order valence-electron chi connectivity index (χ2n) is 5.31. The summed E-state index contributed by atoms with van der Waals surface area (Å²) in [6.07, 6.45) is 2.64. The fourth-order valence-corrected chi connectivity index (χ4v) is 2.18. The van der Waals surface area contributed by atoms with E-state index >= 15 is 0 Å². The maximum atomic E-state index is 10.8. The SMILES string of the molecule is C[C@@H](Oc1ccc(C=Nc2ccc3ncccc3c2)cc1)C(=O)O. The van der Waals surface area contributed by atoms with E-state index in [1.807, 2.05) is 42.5 Å². The van der Waals surface area contributed by atoms with Crippen molar-refractivity contribution in [2.75, 3.05) is 0 Å². The van der Waals surface area contributed by atoms with Crippen molar-refractivity contribution in [2.24, 2.45) is 4.99 Å². The molecule has 120 valence electrons. The Labute approximate surface area is 139 Å². The average Bonchev–Trinajstić information content (AvgIpc) is 2.61. The minimum atomic E-state index is -0.994. The van der Waals surface area contributed by atoms with Crippen LogP contribution in [0, 0.1) is 0 Å². The van der Waals surface area contributed by atoms with E-state index in [2.05, 4.69) is 9.98 Å². The van der Waals surface area contributed by atoms with E-state index < -0.39 is 12.1 Å². The van der Waals surface area contributed by atoms with Gasteiger partial charge in [-0.15, -0.1) is 0 Å². The Balaban J connectivity index is 1.72. The Hall–Kier alpha value is -3.21. The molecule has 0 radical (unpaired) electrons. The molecule has 1 aromatic heterocycles. The van der Waals surface area contributed by atoms with Gasteiger partial charge in [-0.25, -0.2) is 4.79 Å². The van der Waals surface area contributed by atoms with E-state index in [0.717, 1.165) is 22.2 Å². The number of nitrogens with zero attached hydrogens (tertiary/aromatic N) is 2. The van der Waals surface area contributed by atoms with Gasteiger partial charge in [-0.3, -0.25) is 9.98 Å². The number of rotatable bonds is 5. The third kappa shape index (κ3) is 3.76. The fourth-order valence-electron chi connectivity index (χ4n) is 2.18. The van der Waals surface area contributed by atoms with Gasteiger partial charge in [0.15, 0.2) is 6.10 Å². The van der Waals surface area contributed by atoms with Crippen LogP contribution in [0.25, 0.3) is 10.9 Å². The van der Waals surface area contributed by atoms with E-state index in [9.17, 15) is 4.79 Å². The van der Waals surface area contributed by atoms with Crippen LogP contribution in [0.4, 0.5) is 5.69 Å². The number of fused-ring (bicyclic) bond motifs is 1. The van der Waals surface area contributed by atoms with Crippen LogP contribution in [0.3, 0.4) is 0 Å². The van der Waals surface area contributed by atoms with Crippen molar-refractivity contribution < 1.29 is 14.6 Å². The predicted molar refractivity (Wildman–Crippen MR) is 93.2 cm³/mol. The number of benzene rings is 2. The van der Waals surface area contributed by atoms with Crippen LogP contribution in [-0.4, -0.2) is 28.4 Å².